The first-order chi connectivity index (χ1) is 12.4. The number of hydrogen-bond acceptors (Lipinski definition) is 5. The van der Waals surface area contributed by atoms with E-state index in [0.29, 0.717) is 0 Å². The number of hydrogen-bond donors (Lipinski definition) is 3. The number of rotatable bonds is 10. The fourth-order valence-electron chi connectivity index (χ4n) is 1.87. The van der Waals surface area contributed by atoms with Gasteiger partial charge in [0.05, 0.1) is 12.3 Å². The second-order valence-electron chi connectivity index (χ2n) is 5.17. The number of ether oxygens (including phenoxy) is 1. The van der Waals surface area contributed by atoms with E-state index in [1.807, 2.05) is 0 Å². The molecule has 26 heavy (non-hydrogen) atoms. The van der Waals surface area contributed by atoms with Gasteiger partial charge in [0.25, 0.3) is 0 Å². The zero-order valence-electron chi connectivity index (χ0n) is 13.6. The van der Waals surface area contributed by atoms with Crippen LogP contribution in [0.1, 0.15) is 12.0 Å². The Labute approximate surface area is 153 Å². The maximum atomic E-state index is 12.5. The van der Waals surface area contributed by atoms with Crippen molar-refractivity contribution in [1.82, 2.24) is 10.6 Å². The normalized spacial score (nSPS) is 12.5. The summed E-state index contributed by atoms with van der Waals surface area (Å²) in [6.45, 7) is -1.47. The van der Waals surface area contributed by atoms with E-state index in [4.69, 9.17) is 21.4 Å². The Kier molecular flexibility index (Phi) is 9.07. The summed E-state index contributed by atoms with van der Waals surface area (Å²) in [5, 5.41) is 13.0. The van der Waals surface area contributed by atoms with Crippen molar-refractivity contribution in [2.45, 2.75) is 25.1 Å². The van der Waals surface area contributed by atoms with Gasteiger partial charge in [0, 0.05) is 0 Å². The molecule has 3 N–H and O–H groups in total. The number of carboxylic acids is 1. The first-order valence-electron chi connectivity index (χ1n) is 7.51. The van der Waals surface area contributed by atoms with E-state index in [-0.39, 0.29) is 12.5 Å². The lowest BCUT2D eigenvalue weighted by atomic mass is 10.1. The molecule has 1 aromatic carbocycles. The Balaban J connectivity index is 2.59. The molecule has 0 saturated carbocycles. The molecule has 10 heteroatoms. The summed E-state index contributed by atoms with van der Waals surface area (Å²) in [7, 11) is 0. The summed E-state index contributed by atoms with van der Waals surface area (Å²) in [5.74, 6) is -3.78. The summed E-state index contributed by atoms with van der Waals surface area (Å²) in [4.78, 5) is 45.9. The number of benzene rings is 1. The van der Waals surface area contributed by atoms with Crippen LogP contribution in [0.25, 0.3) is 0 Å². The predicted octanol–water partition coefficient (Wildman–Crippen LogP) is 1.02. The number of ketones is 1. The standard InChI is InChI=1S/C16H18ClFN2O6/c17-7-12(15(24)19-11(6-14(22)23)13(21)8-18)20-16(25)26-9-10-4-2-1-3-5-10/h1-5,11-12H,6-9H2,(H,19,24)(H,20,25)(H,22,23). The number of halogens is 2. The molecule has 1 aromatic rings. The van der Waals surface area contributed by atoms with E-state index in [1.54, 1.807) is 30.3 Å². The highest BCUT2D eigenvalue weighted by molar-refractivity contribution is 6.20. The number of alkyl halides is 2. The number of carbonyl (C=O) groups excluding carboxylic acids is 3. The van der Waals surface area contributed by atoms with Gasteiger partial charge in [-0.15, -0.1) is 11.6 Å². The molecular formula is C16H18ClFN2O6. The average Bonchev–Trinajstić information content (AvgIpc) is 2.63. The molecule has 0 spiro atoms. The number of nitrogens with one attached hydrogen (secondary N) is 2. The molecule has 8 nitrogen and oxygen atoms in total. The van der Waals surface area contributed by atoms with E-state index in [1.165, 1.54) is 0 Å². The Morgan fingerprint density at radius 1 is 1.12 bits per heavy atom. The van der Waals surface area contributed by atoms with Gasteiger partial charge in [0.2, 0.25) is 5.91 Å². The second-order valence-corrected chi connectivity index (χ2v) is 5.48. The van der Waals surface area contributed by atoms with Crippen molar-refractivity contribution in [2.24, 2.45) is 0 Å². The third kappa shape index (κ3) is 7.47. The average molecular weight is 389 g/mol. The summed E-state index contributed by atoms with van der Waals surface area (Å²) in [6, 6.07) is 5.94. The van der Waals surface area contributed by atoms with Crippen LogP contribution in [-0.2, 0) is 25.7 Å². The molecule has 0 heterocycles. The minimum absolute atomic E-state index is 0.0364. The molecule has 1 rings (SSSR count). The van der Waals surface area contributed by atoms with E-state index >= 15 is 0 Å². The molecule has 0 fully saturated rings. The van der Waals surface area contributed by atoms with Crippen LogP contribution >= 0.6 is 11.6 Å². The number of carboxylic acid groups (broad SMARTS) is 1. The van der Waals surface area contributed by atoms with Crippen LogP contribution in [0.5, 0.6) is 0 Å². The maximum Gasteiger partial charge on any atom is 0.408 e. The molecule has 0 saturated heterocycles. The van der Waals surface area contributed by atoms with Crippen LogP contribution in [0, 0.1) is 0 Å². The first-order valence-corrected chi connectivity index (χ1v) is 8.04. The SMILES string of the molecule is O=C(O)CC(NC(=O)C(CCl)NC(=O)OCc1ccccc1)C(=O)CF. The van der Waals surface area contributed by atoms with Gasteiger partial charge in [-0.1, -0.05) is 30.3 Å². The van der Waals surface area contributed by atoms with Crippen molar-refractivity contribution >= 4 is 35.4 Å². The van der Waals surface area contributed by atoms with Gasteiger partial charge in [-0.25, -0.2) is 9.18 Å². The largest absolute Gasteiger partial charge is 0.481 e. The molecule has 0 aliphatic carbocycles. The Bertz CT molecular complexity index is 643. The van der Waals surface area contributed by atoms with Crippen LogP contribution in [0.3, 0.4) is 0 Å². The molecule has 0 radical (unpaired) electrons. The number of carbonyl (C=O) groups is 4. The lowest BCUT2D eigenvalue weighted by Gasteiger charge is -2.19. The molecule has 2 atom stereocenters. The summed E-state index contributed by atoms with van der Waals surface area (Å²) in [5.41, 5.74) is 0.726. The lowest BCUT2D eigenvalue weighted by Crippen LogP contribution is -2.53. The minimum atomic E-state index is -1.56. The zero-order valence-corrected chi connectivity index (χ0v) is 14.4. The molecule has 0 bridgehead atoms. The van der Waals surface area contributed by atoms with Gasteiger partial charge in [-0.3, -0.25) is 14.4 Å². The Hall–Kier alpha value is -2.68. The molecule has 0 aromatic heterocycles. The Morgan fingerprint density at radius 2 is 1.77 bits per heavy atom. The van der Waals surface area contributed by atoms with E-state index in [0.717, 1.165) is 5.56 Å². The molecule has 0 aliphatic heterocycles. The fraction of sp³-hybridized carbons (Fsp3) is 0.375. The van der Waals surface area contributed by atoms with Crippen LogP contribution < -0.4 is 10.6 Å². The fourth-order valence-corrected chi connectivity index (χ4v) is 2.08. The van der Waals surface area contributed by atoms with Gasteiger partial charge in [0.1, 0.15) is 25.4 Å². The monoisotopic (exact) mass is 388 g/mol. The van der Waals surface area contributed by atoms with Crippen LogP contribution in [0.2, 0.25) is 0 Å². The number of aliphatic carboxylic acids is 1. The molecule has 2 amide bonds. The van der Waals surface area contributed by atoms with Crippen molar-refractivity contribution in [3.8, 4) is 0 Å². The van der Waals surface area contributed by atoms with Crippen LogP contribution in [0.4, 0.5) is 9.18 Å². The third-order valence-corrected chi connectivity index (χ3v) is 3.50. The maximum absolute atomic E-state index is 12.5. The lowest BCUT2D eigenvalue weighted by molar-refractivity contribution is -0.140. The van der Waals surface area contributed by atoms with E-state index < -0.39 is 48.9 Å². The van der Waals surface area contributed by atoms with Crippen molar-refractivity contribution in [1.29, 1.82) is 0 Å². The predicted molar refractivity (Wildman–Crippen MR) is 89.4 cm³/mol. The first kappa shape index (κ1) is 21.4. The summed E-state index contributed by atoms with van der Waals surface area (Å²) < 4.78 is 17.4. The van der Waals surface area contributed by atoms with E-state index in [2.05, 4.69) is 10.6 Å². The summed E-state index contributed by atoms with van der Waals surface area (Å²) >= 11 is 5.62. The molecule has 142 valence electrons. The highest BCUT2D eigenvalue weighted by Crippen LogP contribution is 2.02. The van der Waals surface area contributed by atoms with Gasteiger partial charge in [-0.2, -0.15) is 0 Å². The second kappa shape index (κ2) is 11.0. The zero-order chi connectivity index (χ0) is 19.5. The number of amides is 2. The topological polar surface area (TPSA) is 122 Å². The van der Waals surface area contributed by atoms with Gasteiger partial charge >= 0.3 is 12.1 Å². The van der Waals surface area contributed by atoms with Gasteiger partial charge in [0.15, 0.2) is 5.78 Å². The van der Waals surface area contributed by atoms with Crippen molar-refractivity contribution in [3.63, 3.8) is 0 Å². The van der Waals surface area contributed by atoms with Crippen LogP contribution in [-0.4, -0.2) is 53.5 Å². The quantitative estimate of drug-likeness (QED) is 0.514. The van der Waals surface area contributed by atoms with Crippen LogP contribution in [0.15, 0.2) is 30.3 Å². The highest BCUT2D eigenvalue weighted by atomic mass is 35.5. The minimum Gasteiger partial charge on any atom is -0.481 e. The molecular weight excluding hydrogens is 371 g/mol. The number of alkyl carbamates (subject to hydrolysis) is 1. The Morgan fingerprint density at radius 3 is 2.31 bits per heavy atom. The van der Waals surface area contributed by atoms with E-state index in [9.17, 15) is 23.6 Å². The third-order valence-electron chi connectivity index (χ3n) is 3.19. The van der Waals surface area contributed by atoms with Gasteiger partial charge < -0.3 is 20.5 Å². The summed E-state index contributed by atoms with van der Waals surface area (Å²) in [6.07, 6.45) is -1.72. The molecule has 2 unspecified atom stereocenters. The number of Topliss-reactive ketones (excluding diaryl/α,β-unsaturated/α-hetero) is 1. The van der Waals surface area contributed by atoms with Gasteiger partial charge in [-0.05, 0) is 5.56 Å². The highest BCUT2D eigenvalue weighted by Gasteiger charge is 2.28. The van der Waals surface area contributed by atoms with Crippen molar-refractivity contribution < 1.29 is 33.4 Å². The smallest absolute Gasteiger partial charge is 0.408 e. The van der Waals surface area contributed by atoms with Crippen molar-refractivity contribution in [2.75, 3.05) is 12.6 Å². The van der Waals surface area contributed by atoms with Crippen molar-refractivity contribution in [3.05, 3.63) is 35.9 Å². The molecule has 0 aliphatic rings.